The van der Waals surface area contributed by atoms with Crippen LogP contribution < -0.4 is 0 Å². The summed E-state index contributed by atoms with van der Waals surface area (Å²) in [5.74, 6) is 0. The molecule has 21 heavy (non-hydrogen) atoms. The van der Waals surface area contributed by atoms with Crippen molar-refractivity contribution in [1.29, 1.82) is 0 Å². The van der Waals surface area contributed by atoms with Gasteiger partial charge in [0.2, 0.25) is 0 Å². The number of para-hydroxylation sites is 1. The van der Waals surface area contributed by atoms with E-state index in [0.717, 1.165) is 0 Å². The third-order valence-corrected chi connectivity index (χ3v) is 5.46. The lowest BCUT2D eigenvalue weighted by atomic mass is 10.0. The van der Waals surface area contributed by atoms with Crippen LogP contribution in [0.25, 0.3) is 10.9 Å². The molecule has 3 heterocycles. The normalized spacial score (nSPS) is 17.6. The van der Waals surface area contributed by atoms with Gasteiger partial charge in [-0.1, -0.05) is 24.3 Å². The number of fused-ring (bicyclic) bond motifs is 1. The van der Waals surface area contributed by atoms with Crippen LogP contribution in [0, 0.1) is 6.92 Å². The van der Waals surface area contributed by atoms with E-state index in [1.165, 1.54) is 53.0 Å². The summed E-state index contributed by atoms with van der Waals surface area (Å²) < 4.78 is 0. The van der Waals surface area contributed by atoms with Gasteiger partial charge in [-0.05, 0) is 50.4 Å². The average Bonchev–Trinajstić information content (AvgIpc) is 3.22. The molecule has 0 aliphatic carbocycles. The Morgan fingerprint density at radius 3 is 2.67 bits per heavy atom. The Labute approximate surface area is 129 Å². The van der Waals surface area contributed by atoms with Gasteiger partial charge in [0.15, 0.2) is 0 Å². The fourth-order valence-electron chi connectivity index (χ4n) is 3.60. The second kappa shape index (κ2) is 5.32. The van der Waals surface area contributed by atoms with Gasteiger partial charge < -0.3 is 4.98 Å². The van der Waals surface area contributed by atoms with Crippen LogP contribution in [0.3, 0.4) is 0 Å². The van der Waals surface area contributed by atoms with E-state index in [1.54, 1.807) is 0 Å². The van der Waals surface area contributed by atoms with Gasteiger partial charge in [-0.3, -0.25) is 4.90 Å². The molecule has 1 aliphatic rings. The molecule has 0 bridgehead atoms. The van der Waals surface area contributed by atoms with E-state index in [1.807, 2.05) is 11.3 Å². The Balaban J connectivity index is 1.90. The number of aryl methyl sites for hydroxylation is 1. The monoisotopic (exact) mass is 296 g/mol. The summed E-state index contributed by atoms with van der Waals surface area (Å²) >= 11 is 1.88. The summed E-state index contributed by atoms with van der Waals surface area (Å²) in [6, 6.07) is 13.6. The second-order valence-corrected chi connectivity index (χ2v) is 6.85. The van der Waals surface area contributed by atoms with E-state index < -0.39 is 0 Å². The fraction of sp³-hybridized carbons (Fsp3) is 0.333. The van der Waals surface area contributed by atoms with Crippen LogP contribution in [0.4, 0.5) is 0 Å². The zero-order valence-electron chi connectivity index (χ0n) is 12.3. The lowest BCUT2D eigenvalue weighted by molar-refractivity contribution is 0.285. The summed E-state index contributed by atoms with van der Waals surface area (Å²) in [4.78, 5) is 7.68. The highest BCUT2D eigenvalue weighted by Gasteiger charge is 2.29. The lowest BCUT2D eigenvalue weighted by Crippen LogP contribution is -2.26. The molecule has 1 N–H and O–H groups in total. The van der Waals surface area contributed by atoms with Crippen molar-refractivity contribution >= 4 is 22.2 Å². The van der Waals surface area contributed by atoms with Gasteiger partial charge in [-0.25, -0.2) is 0 Å². The van der Waals surface area contributed by atoms with Crippen molar-refractivity contribution in [1.82, 2.24) is 9.88 Å². The molecular formula is C18H20N2S. The minimum absolute atomic E-state index is 0.406. The minimum atomic E-state index is 0.406. The highest BCUT2D eigenvalue weighted by Crippen LogP contribution is 2.39. The maximum atomic E-state index is 3.57. The fourth-order valence-corrected chi connectivity index (χ4v) is 4.47. The third-order valence-electron chi connectivity index (χ3n) is 4.54. The molecule has 1 aliphatic heterocycles. The van der Waals surface area contributed by atoms with Gasteiger partial charge in [0, 0.05) is 27.0 Å². The lowest BCUT2D eigenvalue weighted by Gasteiger charge is -2.27. The van der Waals surface area contributed by atoms with Crippen LogP contribution in [0.5, 0.6) is 0 Å². The van der Waals surface area contributed by atoms with Crippen molar-refractivity contribution in [3.8, 4) is 0 Å². The minimum Gasteiger partial charge on any atom is -0.358 e. The smallest absolute Gasteiger partial charge is 0.0719 e. The van der Waals surface area contributed by atoms with Crippen molar-refractivity contribution in [2.45, 2.75) is 25.8 Å². The van der Waals surface area contributed by atoms with Crippen LogP contribution in [-0.2, 0) is 0 Å². The maximum absolute atomic E-state index is 3.57. The summed E-state index contributed by atoms with van der Waals surface area (Å²) in [5.41, 5.74) is 4.03. The number of aromatic amines is 1. The Kier molecular flexibility index (Phi) is 3.32. The van der Waals surface area contributed by atoms with Crippen molar-refractivity contribution in [2.75, 3.05) is 13.1 Å². The van der Waals surface area contributed by atoms with Crippen molar-refractivity contribution < 1.29 is 0 Å². The van der Waals surface area contributed by atoms with Gasteiger partial charge in [-0.15, -0.1) is 11.3 Å². The molecule has 1 atom stereocenters. The van der Waals surface area contributed by atoms with E-state index in [4.69, 9.17) is 0 Å². The molecule has 2 nitrogen and oxygen atoms in total. The molecule has 3 heteroatoms. The predicted octanol–water partition coefficient (Wildman–Crippen LogP) is 4.72. The van der Waals surface area contributed by atoms with Gasteiger partial charge in [0.1, 0.15) is 0 Å². The zero-order valence-corrected chi connectivity index (χ0v) is 13.1. The Morgan fingerprint density at radius 2 is 1.90 bits per heavy atom. The van der Waals surface area contributed by atoms with Crippen molar-refractivity contribution in [3.63, 3.8) is 0 Å². The molecule has 0 spiro atoms. The summed E-state index contributed by atoms with van der Waals surface area (Å²) in [5, 5.41) is 3.57. The number of aromatic nitrogens is 1. The number of thiophene rings is 1. The van der Waals surface area contributed by atoms with E-state index in [9.17, 15) is 0 Å². The molecule has 1 aromatic carbocycles. The Morgan fingerprint density at radius 1 is 1.10 bits per heavy atom. The first-order valence-electron chi connectivity index (χ1n) is 7.69. The molecule has 2 aromatic heterocycles. The molecule has 0 amide bonds. The third kappa shape index (κ3) is 2.21. The van der Waals surface area contributed by atoms with E-state index in [0.29, 0.717) is 6.04 Å². The summed E-state index contributed by atoms with van der Waals surface area (Å²) in [6.45, 7) is 4.63. The first-order chi connectivity index (χ1) is 10.3. The topological polar surface area (TPSA) is 19.0 Å². The standard InChI is InChI=1S/C18H20N2S/c1-13-17(14-7-2-3-8-15(14)19-13)18(16-9-6-12-21-16)20-10-4-5-11-20/h2-3,6-9,12,18-19H,4-5,10-11H2,1H3. The molecule has 3 aromatic rings. The van der Waals surface area contributed by atoms with Gasteiger partial charge in [0.05, 0.1) is 6.04 Å². The van der Waals surface area contributed by atoms with Crippen molar-refractivity contribution in [2.24, 2.45) is 0 Å². The number of hydrogen-bond donors (Lipinski definition) is 1. The van der Waals surface area contributed by atoms with Crippen LogP contribution in [0.2, 0.25) is 0 Å². The molecule has 1 fully saturated rings. The zero-order chi connectivity index (χ0) is 14.2. The van der Waals surface area contributed by atoms with Crippen molar-refractivity contribution in [3.05, 3.63) is 57.9 Å². The van der Waals surface area contributed by atoms with E-state index >= 15 is 0 Å². The van der Waals surface area contributed by atoms with Gasteiger partial charge in [-0.2, -0.15) is 0 Å². The quantitative estimate of drug-likeness (QED) is 0.740. The number of likely N-dealkylation sites (tertiary alicyclic amines) is 1. The molecular weight excluding hydrogens is 276 g/mol. The largest absolute Gasteiger partial charge is 0.358 e. The first kappa shape index (κ1) is 13.1. The number of nitrogens with one attached hydrogen (secondary N) is 1. The number of hydrogen-bond acceptors (Lipinski definition) is 2. The maximum Gasteiger partial charge on any atom is 0.0719 e. The SMILES string of the molecule is Cc1[nH]c2ccccc2c1C(c1cccs1)N1CCCC1. The Hall–Kier alpha value is -1.58. The van der Waals surface area contributed by atoms with Crippen LogP contribution in [0.1, 0.15) is 35.0 Å². The molecule has 108 valence electrons. The molecule has 1 saturated heterocycles. The number of benzene rings is 1. The van der Waals surface area contributed by atoms with Crippen LogP contribution in [0.15, 0.2) is 41.8 Å². The highest BCUT2D eigenvalue weighted by atomic mass is 32.1. The number of nitrogens with zero attached hydrogens (tertiary/aromatic N) is 1. The van der Waals surface area contributed by atoms with Crippen LogP contribution >= 0.6 is 11.3 Å². The summed E-state index contributed by atoms with van der Waals surface area (Å²) in [6.07, 6.45) is 2.65. The molecule has 0 saturated carbocycles. The van der Waals surface area contributed by atoms with Crippen LogP contribution in [-0.4, -0.2) is 23.0 Å². The summed E-state index contributed by atoms with van der Waals surface area (Å²) in [7, 11) is 0. The van der Waals surface area contributed by atoms with Gasteiger partial charge >= 0.3 is 0 Å². The van der Waals surface area contributed by atoms with E-state index in [2.05, 4.69) is 58.6 Å². The molecule has 1 unspecified atom stereocenters. The first-order valence-corrected chi connectivity index (χ1v) is 8.57. The predicted molar refractivity (Wildman–Crippen MR) is 90.0 cm³/mol. The second-order valence-electron chi connectivity index (χ2n) is 5.87. The Bertz CT molecular complexity index is 736. The van der Waals surface area contributed by atoms with E-state index in [-0.39, 0.29) is 0 Å². The number of rotatable bonds is 3. The molecule has 0 radical (unpaired) electrons. The number of H-pyrrole nitrogens is 1. The van der Waals surface area contributed by atoms with Gasteiger partial charge in [0.25, 0.3) is 0 Å². The highest BCUT2D eigenvalue weighted by molar-refractivity contribution is 7.10. The molecule has 4 rings (SSSR count). The average molecular weight is 296 g/mol.